The molecule has 0 unspecified atom stereocenters. The lowest BCUT2D eigenvalue weighted by Gasteiger charge is -2.19. The summed E-state index contributed by atoms with van der Waals surface area (Å²) in [6.07, 6.45) is 4.97. The van der Waals surface area contributed by atoms with E-state index >= 15 is 0 Å². The molecule has 0 spiro atoms. The number of nitrogens with one attached hydrogen (secondary N) is 2. The first-order valence-electron chi connectivity index (χ1n) is 9.26. The summed E-state index contributed by atoms with van der Waals surface area (Å²) in [7, 11) is 0. The molecule has 4 aromatic rings. The lowest BCUT2D eigenvalue weighted by Crippen LogP contribution is -2.32. The van der Waals surface area contributed by atoms with Crippen LogP contribution in [-0.4, -0.2) is 25.5 Å². The van der Waals surface area contributed by atoms with Gasteiger partial charge < -0.3 is 10.3 Å². The average molecular weight is 361 g/mol. The monoisotopic (exact) mass is 361 g/mol. The average Bonchev–Trinajstić information content (AvgIpc) is 3.25. The van der Waals surface area contributed by atoms with Crippen LogP contribution in [-0.2, 0) is 11.2 Å². The van der Waals surface area contributed by atoms with E-state index in [2.05, 4.69) is 34.3 Å². The largest absolute Gasteiger partial charge is 0.361 e. The molecule has 2 N–H and O–H groups in total. The van der Waals surface area contributed by atoms with E-state index in [1.165, 1.54) is 0 Å². The van der Waals surface area contributed by atoms with Crippen LogP contribution in [0.25, 0.3) is 16.6 Å². The van der Waals surface area contributed by atoms with Crippen molar-refractivity contribution >= 4 is 22.5 Å². The molecule has 27 heavy (non-hydrogen) atoms. The van der Waals surface area contributed by atoms with Crippen LogP contribution in [0, 0.1) is 5.92 Å². The number of hydrogen-bond acceptors (Lipinski definition) is 3. The number of benzene rings is 1. The summed E-state index contributed by atoms with van der Waals surface area (Å²) >= 11 is 0. The first-order chi connectivity index (χ1) is 13.1. The Hall–Kier alpha value is -3.15. The van der Waals surface area contributed by atoms with Gasteiger partial charge in [0, 0.05) is 23.3 Å². The van der Waals surface area contributed by atoms with Crippen LogP contribution in [0.2, 0.25) is 0 Å². The van der Waals surface area contributed by atoms with Crippen molar-refractivity contribution in [3.63, 3.8) is 0 Å². The van der Waals surface area contributed by atoms with Crippen LogP contribution in [0.4, 0.5) is 0 Å². The Morgan fingerprint density at radius 1 is 1.15 bits per heavy atom. The number of fused-ring (bicyclic) bond motifs is 2. The van der Waals surface area contributed by atoms with Gasteiger partial charge in [-0.15, -0.1) is 10.2 Å². The maximum atomic E-state index is 12.8. The molecule has 6 heteroatoms. The minimum atomic E-state index is -0.180. The number of amides is 1. The smallest absolute Gasteiger partial charge is 0.225 e. The van der Waals surface area contributed by atoms with Crippen molar-refractivity contribution in [3.8, 4) is 0 Å². The minimum absolute atomic E-state index is 0.0157. The Labute approximate surface area is 157 Å². The number of aromatic nitrogens is 4. The Morgan fingerprint density at radius 2 is 1.96 bits per heavy atom. The van der Waals surface area contributed by atoms with Crippen molar-refractivity contribution in [1.29, 1.82) is 0 Å². The molecule has 0 radical (unpaired) electrons. The van der Waals surface area contributed by atoms with Crippen molar-refractivity contribution in [1.82, 2.24) is 24.9 Å². The zero-order chi connectivity index (χ0) is 18.8. The van der Waals surface area contributed by atoms with Crippen molar-refractivity contribution < 1.29 is 4.79 Å². The fourth-order valence-electron chi connectivity index (χ4n) is 3.49. The Morgan fingerprint density at radius 3 is 2.81 bits per heavy atom. The van der Waals surface area contributed by atoms with E-state index in [9.17, 15) is 4.79 Å². The third-order valence-corrected chi connectivity index (χ3v) is 4.72. The van der Waals surface area contributed by atoms with Gasteiger partial charge in [-0.05, 0) is 36.1 Å². The second kappa shape index (κ2) is 7.23. The van der Waals surface area contributed by atoms with E-state index in [0.29, 0.717) is 12.3 Å². The number of rotatable bonds is 6. The quantitative estimate of drug-likeness (QED) is 0.550. The zero-order valence-electron chi connectivity index (χ0n) is 15.5. The van der Waals surface area contributed by atoms with Gasteiger partial charge in [0.25, 0.3) is 0 Å². The van der Waals surface area contributed by atoms with E-state index in [0.717, 1.165) is 34.4 Å². The molecule has 0 bridgehead atoms. The number of para-hydroxylation sites is 1. The van der Waals surface area contributed by atoms with E-state index in [1.807, 2.05) is 59.3 Å². The van der Waals surface area contributed by atoms with Gasteiger partial charge in [-0.25, -0.2) is 0 Å². The number of hydrogen-bond donors (Lipinski definition) is 2. The van der Waals surface area contributed by atoms with Crippen LogP contribution >= 0.6 is 0 Å². The number of carbonyl (C=O) groups is 1. The zero-order valence-corrected chi connectivity index (χ0v) is 15.5. The van der Waals surface area contributed by atoms with Crippen molar-refractivity contribution in [2.45, 2.75) is 32.7 Å². The third-order valence-electron chi connectivity index (χ3n) is 4.72. The summed E-state index contributed by atoms with van der Waals surface area (Å²) in [6, 6.07) is 13.6. The van der Waals surface area contributed by atoms with Gasteiger partial charge in [0.15, 0.2) is 11.5 Å². The molecule has 6 nitrogen and oxygen atoms in total. The molecular weight excluding hydrogens is 338 g/mol. The normalized spacial score (nSPS) is 12.7. The van der Waals surface area contributed by atoms with Crippen LogP contribution in [0.3, 0.4) is 0 Å². The standard InChI is InChI=1S/C21H23N5O/c1-14(2)11-18(21-25-24-19-9-5-6-10-26(19)21)23-20(27)12-15-13-22-17-8-4-3-7-16(15)17/h3-10,13-14,18,22H,11-12H2,1-2H3,(H,23,27)/t18-/m0/s1. The predicted octanol–water partition coefficient (Wildman–Crippen LogP) is 3.66. The van der Waals surface area contributed by atoms with E-state index in [-0.39, 0.29) is 11.9 Å². The molecule has 3 heterocycles. The molecule has 1 aromatic carbocycles. The Bertz CT molecular complexity index is 1080. The van der Waals surface area contributed by atoms with Gasteiger partial charge in [-0.1, -0.05) is 38.1 Å². The predicted molar refractivity (Wildman–Crippen MR) is 105 cm³/mol. The highest BCUT2D eigenvalue weighted by Crippen LogP contribution is 2.22. The number of nitrogens with zero attached hydrogens (tertiary/aromatic N) is 3. The number of H-pyrrole nitrogens is 1. The first kappa shape index (κ1) is 17.3. The number of carbonyl (C=O) groups excluding carboxylic acids is 1. The second-order valence-corrected chi connectivity index (χ2v) is 7.27. The Kier molecular flexibility index (Phi) is 4.62. The summed E-state index contributed by atoms with van der Waals surface area (Å²) in [5.74, 6) is 1.17. The van der Waals surface area contributed by atoms with Gasteiger partial charge in [-0.2, -0.15) is 0 Å². The van der Waals surface area contributed by atoms with E-state index < -0.39 is 0 Å². The summed E-state index contributed by atoms with van der Waals surface area (Å²) in [5, 5.41) is 12.8. The van der Waals surface area contributed by atoms with E-state index in [4.69, 9.17) is 0 Å². The summed E-state index contributed by atoms with van der Waals surface area (Å²) < 4.78 is 1.94. The van der Waals surface area contributed by atoms with Gasteiger partial charge in [0.1, 0.15) is 0 Å². The molecule has 1 amide bonds. The van der Waals surface area contributed by atoms with Crippen molar-refractivity contribution in [2.24, 2.45) is 5.92 Å². The van der Waals surface area contributed by atoms with E-state index in [1.54, 1.807) is 0 Å². The molecule has 0 aliphatic heterocycles. The first-order valence-corrected chi connectivity index (χ1v) is 9.26. The van der Waals surface area contributed by atoms with Crippen molar-refractivity contribution in [2.75, 3.05) is 0 Å². The van der Waals surface area contributed by atoms with Crippen LogP contribution in [0.5, 0.6) is 0 Å². The molecule has 0 aliphatic carbocycles. The highest BCUT2D eigenvalue weighted by Gasteiger charge is 2.22. The third kappa shape index (κ3) is 3.56. The highest BCUT2D eigenvalue weighted by molar-refractivity contribution is 5.88. The summed E-state index contributed by atoms with van der Waals surface area (Å²) in [6.45, 7) is 4.28. The van der Waals surface area contributed by atoms with Crippen molar-refractivity contribution in [3.05, 3.63) is 66.2 Å². The maximum Gasteiger partial charge on any atom is 0.225 e. The molecular formula is C21H23N5O. The van der Waals surface area contributed by atoms with Gasteiger partial charge in [-0.3, -0.25) is 9.20 Å². The Balaban J connectivity index is 1.57. The molecule has 0 fully saturated rings. The van der Waals surface area contributed by atoms with Gasteiger partial charge in [0.05, 0.1) is 12.5 Å². The molecule has 0 aliphatic rings. The second-order valence-electron chi connectivity index (χ2n) is 7.27. The van der Waals surface area contributed by atoms with Crippen LogP contribution in [0.15, 0.2) is 54.9 Å². The SMILES string of the molecule is CC(C)C[C@H](NC(=O)Cc1c[nH]c2ccccc12)c1nnc2ccccn12. The molecule has 4 rings (SSSR count). The molecule has 3 aromatic heterocycles. The fourth-order valence-corrected chi connectivity index (χ4v) is 3.49. The number of aromatic amines is 1. The van der Waals surface area contributed by atoms with Crippen LogP contribution in [0.1, 0.15) is 37.7 Å². The minimum Gasteiger partial charge on any atom is -0.361 e. The summed E-state index contributed by atoms with van der Waals surface area (Å²) in [5.41, 5.74) is 2.83. The topological polar surface area (TPSA) is 75.1 Å². The number of pyridine rings is 1. The fraction of sp³-hybridized carbons (Fsp3) is 0.286. The highest BCUT2D eigenvalue weighted by atomic mass is 16.1. The maximum absolute atomic E-state index is 12.8. The van der Waals surface area contributed by atoms with Gasteiger partial charge >= 0.3 is 0 Å². The molecule has 0 saturated carbocycles. The van der Waals surface area contributed by atoms with Gasteiger partial charge in [0.2, 0.25) is 5.91 Å². The molecule has 138 valence electrons. The molecule has 1 atom stereocenters. The summed E-state index contributed by atoms with van der Waals surface area (Å²) in [4.78, 5) is 16.0. The lowest BCUT2D eigenvalue weighted by molar-refractivity contribution is -0.121. The van der Waals surface area contributed by atoms with Crippen LogP contribution < -0.4 is 5.32 Å². The lowest BCUT2D eigenvalue weighted by atomic mass is 10.0. The molecule has 0 saturated heterocycles.